The number of Topliss-reactive ketones (excluding diaryl/α,β-unsaturated/α-hetero) is 1. The van der Waals surface area contributed by atoms with Crippen molar-refractivity contribution in [3.05, 3.63) is 176 Å². The summed E-state index contributed by atoms with van der Waals surface area (Å²) >= 11 is 0. The summed E-state index contributed by atoms with van der Waals surface area (Å²) in [6.07, 6.45) is 14.2. The first-order valence-corrected chi connectivity index (χ1v) is 15.8. The maximum atomic E-state index is 13.6. The number of rotatable bonds is 4. The van der Waals surface area contributed by atoms with E-state index in [2.05, 4.69) is 90.4 Å². The highest BCUT2D eigenvalue weighted by molar-refractivity contribution is 6.24. The summed E-state index contributed by atoms with van der Waals surface area (Å²) in [5.74, 6) is 0.156. The first-order valence-electron chi connectivity index (χ1n) is 15.8. The zero-order valence-corrected chi connectivity index (χ0v) is 25.5. The molecule has 0 saturated carbocycles. The number of hydrogen-bond donors (Lipinski definition) is 2. The second-order valence-electron chi connectivity index (χ2n) is 11.7. The van der Waals surface area contributed by atoms with Gasteiger partial charge in [0.15, 0.2) is 5.78 Å². The van der Waals surface area contributed by atoms with Gasteiger partial charge in [-0.2, -0.15) is 0 Å². The van der Waals surface area contributed by atoms with Crippen LogP contribution < -0.4 is 21.1 Å². The van der Waals surface area contributed by atoms with E-state index >= 15 is 0 Å². The lowest BCUT2D eigenvalue weighted by atomic mass is 9.84. The van der Waals surface area contributed by atoms with Crippen molar-refractivity contribution in [2.45, 2.75) is 32.6 Å². The van der Waals surface area contributed by atoms with Crippen LogP contribution in [0.25, 0.3) is 17.7 Å². The number of para-hydroxylation sites is 2. The first kappa shape index (κ1) is 28.4. The Morgan fingerprint density at radius 2 is 1.49 bits per heavy atom. The molecule has 1 heterocycles. The molecule has 0 radical (unpaired) electrons. The third-order valence-electron chi connectivity index (χ3n) is 8.91. The van der Waals surface area contributed by atoms with Crippen LogP contribution in [0.2, 0.25) is 0 Å². The Kier molecular flexibility index (Phi) is 7.99. The molecule has 5 aromatic rings. The lowest BCUT2D eigenvalue weighted by Crippen LogP contribution is -2.25. The highest BCUT2D eigenvalue weighted by atomic mass is 16.1. The number of hydrogen-bond acceptors (Lipinski definition) is 3. The summed E-state index contributed by atoms with van der Waals surface area (Å²) < 4.78 is 0. The molecule has 0 bridgehead atoms. The van der Waals surface area contributed by atoms with Crippen LogP contribution in [0.15, 0.2) is 128 Å². The molecule has 0 atom stereocenters. The fraction of sp³-hybridized carbons (Fsp3) is 0.119. The molecule has 0 unspecified atom stereocenters. The molecule has 45 heavy (non-hydrogen) atoms. The maximum absolute atomic E-state index is 13.6. The van der Waals surface area contributed by atoms with Gasteiger partial charge in [-0.15, -0.1) is 0 Å². The van der Waals surface area contributed by atoms with Crippen molar-refractivity contribution in [3.63, 3.8) is 0 Å². The monoisotopic (exact) mass is 584 g/mol. The zero-order chi connectivity index (χ0) is 30.6. The fourth-order valence-electron chi connectivity index (χ4n) is 6.57. The molecule has 3 heteroatoms. The van der Waals surface area contributed by atoms with Gasteiger partial charge in [-0.1, -0.05) is 91.0 Å². The van der Waals surface area contributed by atoms with Crippen LogP contribution in [-0.4, -0.2) is 5.78 Å². The third kappa shape index (κ3) is 5.90. The Morgan fingerprint density at radius 1 is 0.711 bits per heavy atom. The SMILES string of the molecule is C1=CNc2ccccc2C=C1.Cc1ccccc1Nc1ccc(C(=O)C2=c3ccc4c(c3CCC2)CC=c2ccccc2=4)cc1. The van der Waals surface area contributed by atoms with Crippen LogP contribution in [0.3, 0.4) is 0 Å². The molecule has 220 valence electrons. The number of anilines is 3. The maximum Gasteiger partial charge on any atom is 0.189 e. The lowest BCUT2D eigenvalue weighted by molar-refractivity contribution is 0.105. The van der Waals surface area contributed by atoms with Crippen molar-refractivity contribution in [2.24, 2.45) is 0 Å². The number of carbonyl (C=O) groups excluding carboxylic acids is 1. The summed E-state index contributed by atoms with van der Waals surface area (Å²) in [5.41, 5.74) is 10.2. The highest BCUT2D eigenvalue weighted by Crippen LogP contribution is 2.26. The van der Waals surface area contributed by atoms with E-state index in [0.717, 1.165) is 59.1 Å². The number of carbonyl (C=O) groups is 1. The van der Waals surface area contributed by atoms with Crippen LogP contribution in [-0.2, 0) is 12.8 Å². The topological polar surface area (TPSA) is 41.1 Å². The van der Waals surface area contributed by atoms with Crippen LogP contribution in [0.1, 0.15) is 45.5 Å². The van der Waals surface area contributed by atoms with Gasteiger partial charge in [0.1, 0.15) is 0 Å². The van der Waals surface area contributed by atoms with E-state index in [1.807, 2.05) is 66.9 Å². The Bertz CT molecular complexity index is 2190. The number of ketones is 1. The molecule has 0 aromatic heterocycles. The van der Waals surface area contributed by atoms with Gasteiger partial charge in [-0.05, 0) is 118 Å². The molecule has 0 spiro atoms. The molecule has 3 nitrogen and oxygen atoms in total. The smallest absolute Gasteiger partial charge is 0.189 e. The molecular formula is C42H36N2O. The predicted molar refractivity (Wildman–Crippen MR) is 188 cm³/mol. The van der Waals surface area contributed by atoms with Gasteiger partial charge in [0.2, 0.25) is 0 Å². The highest BCUT2D eigenvalue weighted by Gasteiger charge is 2.21. The van der Waals surface area contributed by atoms with Gasteiger partial charge < -0.3 is 10.6 Å². The number of fused-ring (bicyclic) bond motifs is 5. The minimum Gasteiger partial charge on any atom is -0.361 e. The van der Waals surface area contributed by atoms with E-state index in [9.17, 15) is 4.79 Å². The Labute approximate surface area is 264 Å². The number of aryl methyl sites for hydroxylation is 1. The predicted octanol–water partition coefficient (Wildman–Crippen LogP) is 8.37. The van der Waals surface area contributed by atoms with Crippen LogP contribution in [0, 0.1) is 17.4 Å². The molecular weight excluding hydrogens is 548 g/mol. The van der Waals surface area contributed by atoms with Crippen molar-refractivity contribution in [2.75, 3.05) is 10.6 Å². The first-order chi connectivity index (χ1) is 22.2. The molecule has 8 rings (SSSR count). The van der Waals surface area contributed by atoms with Gasteiger partial charge in [-0.3, -0.25) is 4.79 Å². The van der Waals surface area contributed by atoms with Gasteiger partial charge in [0.05, 0.1) is 0 Å². The van der Waals surface area contributed by atoms with Crippen LogP contribution >= 0.6 is 0 Å². The van der Waals surface area contributed by atoms with Gasteiger partial charge in [0, 0.05) is 34.4 Å². The quantitative estimate of drug-likeness (QED) is 0.209. The summed E-state index contributed by atoms with van der Waals surface area (Å²) in [4.78, 5) is 13.6. The number of benzene rings is 5. The molecule has 3 aliphatic rings. The van der Waals surface area contributed by atoms with Crippen molar-refractivity contribution in [1.82, 2.24) is 0 Å². The summed E-state index contributed by atoms with van der Waals surface area (Å²) in [6, 6.07) is 37.4. The van der Waals surface area contributed by atoms with E-state index < -0.39 is 0 Å². The summed E-state index contributed by atoms with van der Waals surface area (Å²) in [6.45, 7) is 2.09. The number of allylic oxidation sites excluding steroid dienone is 2. The lowest BCUT2D eigenvalue weighted by Gasteiger charge is -2.20. The Balaban J connectivity index is 0.000000249. The average Bonchev–Trinajstić information content (AvgIpc) is 3.35. The minimum absolute atomic E-state index is 0.156. The fourth-order valence-corrected chi connectivity index (χ4v) is 6.57. The largest absolute Gasteiger partial charge is 0.361 e. The summed E-state index contributed by atoms with van der Waals surface area (Å²) in [5, 5.41) is 11.7. The van der Waals surface area contributed by atoms with E-state index in [4.69, 9.17) is 0 Å². The molecule has 1 aliphatic heterocycles. The number of nitrogens with one attached hydrogen (secondary N) is 2. The van der Waals surface area contributed by atoms with Gasteiger partial charge in [-0.25, -0.2) is 0 Å². The van der Waals surface area contributed by atoms with Crippen LogP contribution in [0.5, 0.6) is 0 Å². The Hall–Kier alpha value is -5.41. The average molecular weight is 585 g/mol. The van der Waals surface area contributed by atoms with Crippen molar-refractivity contribution in [1.29, 1.82) is 0 Å². The van der Waals surface area contributed by atoms with E-state index in [1.165, 1.54) is 37.9 Å². The van der Waals surface area contributed by atoms with E-state index in [1.54, 1.807) is 0 Å². The molecule has 0 fully saturated rings. The minimum atomic E-state index is 0.156. The normalized spacial score (nSPS) is 13.8. The Morgan fingerprint density at radius 3 is 2.38 bits per heavy atom. The van der Waals surface area contributed by atoms with Crippen molar-refractivity contribution in [3.8, 4) is 0 Å². The second kappa shape index (κ2) is 12.7. The summed E-state index contributed by atoms with van der Waals surface area (Å²) in [7, 11) is 0. The molecule has 5 aromatic carbocycles. The molecule has 2 N–H and O–H groups in total. The van der Waals surface area contributed by atoms with E-state index in [-0.39, 0.29) is 5.78 Å². The van der Waals surface area contributed by atoms with Gasteiger partial charge in [0.25, 0.3) is 0 Å². The molecule has 2 aliphatic carbocycles. The third-order valence-corrected chi connectivity index (χ3v) is 8.91. The standard InChI is InChI=1S/C32H27NO.C10H9N/c1-21-7-2-5-12-31(21)33-24-16-13-23(14-17-24)32(34)30-11-6-10-26-28-18-15-22-8-3-4-9-25(22)27(28)19-20-29(26)30;1-2-7-10-9(5-1)6-3-4-8-11-10/h2-5,7-9,12-17,19-20,33H,6,10-11,18H2,1H3;1-8,11H. The molecule has 0 saturated heterocycles. The van der Waals surface area contributed by atoms with E-state index in [0.29, 0.717) is 0 Å². The van der Waals surface area contributed by atoms with Gasteiger partial charge >= 0.3 is 0 Å². The second-order valence-corrected chi connectivity index (χ2v) is 11.7. The molecule has 0 amide bonds. The van der Waals surface area contributed by atoms with Crippen molar-refractivity contribution < 1.29 is 4.79 Å². The van der Waals surface area contributed by atoms with Crippen LogP contribution in [0.4, 0.5) is 17.1 Å². The zero-order valence-electron chi connectivity index (χ0n) is 25.5. The van der Waals surface area contributed by atoms with Crippen molar-refractivity contribution >= 4 is 40.6 Å².